The Kier molecular flexibility index (Phi) is 9.29. The number of anilines is 1. The van der Waals surface area contributed by atoms with Gasteiger partial charge in [-0.15, -0.1) is 0 Å². The molecule has 10 heteroatoms. The molecule has 0 spiro atoms. The van der Waals surface area contributed by atoms with Crippen molar-refractivity contribution < 1.29 is 28.2 Å². The number of halogens is 1. The van der Waals surface area contributed by atoms with Crippen molar-refractivity contribution in [2.24, 2.45) is 11.3 Å². The van der Waals surface area contributed by atoms with Crippen LogP contribution in [0.25, 0.3) is 10.9 Å². The summed E-state index contributed by atoms with van der Waals surface area (Å²) in [5.74, 6) is -0.557. The third-order valence-corrected chi connectivity index (χ3v) is 8.55. The Labute approximate surface area is 258 Å². The number of carbonyl (C=O) groups excluding carboxylic acids is 3. The van der Waals surface area contributed by atoms with Crippen LogP contribution in [0.4, 0.5) is 10.1 Å². The third-order valence-electron chi connectivity index (χ3n) is 8.55. The minimum atomic E-state index is -0.669. The molecule has 3 aromatic rings. The van der Waals surface area contributed by atoms with Crippen molar-refractivity contribution in [3.63, 3.8) is 0 Å². The summed E-state index contributed by atoms with van der Waals surface area (Å²) < 4.78 is 26.0. The molecule has 2 aromatic carbocycles. The molecule has 1 N–H and O–H groups in total. The van der Waals surface area contributed by atoms with Crippen molar-refractivity contribution in [2.45, 2.75) is 60.5 Å². The smallest absolute Gasteiger partial charge is 0.323 e. The van der Waals surface area contributed by atoms with Gasteiger partial charge in [-0.05, 0) is 88.8 Å². The van der Waals surface area contributed by atoms with Gasteiger partial charge >= 0.3 is 11.9 Å². The number of aromatic nitrogens is 1. The molecule has 1 aliphatic carbocycles. The Hall–Kier alpha value is -3.92. The Balaban J connectivity index is 1.27. The summed E-state index contributed by atoms with van der Waals surface area (Å²) in [7, 11) is 0. The van der Waals surface area contributed by atoms with E-state index in [0.717, 1.165) is 34.3 Å². The van der Waals surface area contributed by atoms with E-state index in [1.54, 1.807) is 32.9 Å². The van der Waals surface area contributed by atoms with Crippen molar-refractivity contribution in [1.82, 2.24) is 14.4 Å². The van der Waals surface area contributed by atoms with Gasteiger partial charge in [0.05, 0.1) is 23.2 Å². The first kappa shape index (κ1) is 31.5. The van der Waals surface area contributed by atoms with Crippen molar-refractivity contribution in [3.8, 4) is 0 Å². The standard InChI is InChI=1S/C34H43FN4O5/c1-22-23(2)39(19-25-6-7-25)31-28(22)16-26(17-29(31)36-18-24-8-10-27(35)11-9-24)32(41)38-14-12-37(13-15-38)20-30(40)43-21-44-33(42)34(3,4)5/h8-11,16-17,25,36H,6-7,12-15,18-21H2,1-5H3. The van der Waals surface area contributed by atoms with E-state index in [0.29, 0.717) is 44.2 Å². The molecule has 2 heterocycles. The molecule has 2 aliphatic rings. The van der Waals surface area contributed by atoms with E-state index in [1.807, 2.05) is 21.9 Å². The topological polar surface area (TPSA) is 93.1 Å². The van der Waals surface area contributed by atoms with Crippen LogP contribution in [0.1, 0.15) is 60.8 Å². The van der Waals surface area contributed by atoms with Gasteiger partial charge in [0.15, 0.2) is 0 Å². The van der Waals surface area contributed by atoms with E-state index >= 15 is 0 Å². The number of benzene rings is 2. The monoisotopic (exact) mass is 606 g/mol. The van der Waals surface area contributed by atoms with Gasteiger partial charge in [-0.2, -0.15) is 0 Å². The van der Waals surface area contributed by atoms with E-state index in [1.165, 1.54) is 30.7 Å². The predicted molar refractivity (Wildman–Crippen MR) is 167 cm³/mol. The summed E-state index contributed by atoms with van der Waals surface area (Å²) in [6.45, 7) is 12.6. The second kappa shape index (κ2) is 13.0. The molecule has 9 nitrogen and oxygen atoms in total. The molecule has 1 amide bonds. The summed E-state index contributed by atoms with van der Waals surface area (Å²) in [5, 5.41) is 4.61. The van der Waals surface area contributed by atoms with Crippen molar-refractivity contribution in [2.75, 3.05) is 44.8 Å². The van der Waals surface area contributed by atoms with E-state index in [-0.39, 0.29) is 18.3 Å². The highest BCUT2D eigenvalue weighted by molar-refractivity contribution is 6.04. The molecular formula is C34H43FN4O5. The lowest BCUT2D eigenvalue weighted by Crippen LogP contribution is -2.50. The number of carbonyl (C=O) groups is 3. The van der Waals surface area contributed by atoms with E-state index < -0.39 is 24.1 Å². The first-order valence-corrected chi connectivity index (χ1v) is 15.4. The SMILES string of the molecule is Cc1c(C)n(CC2CC2)c2c(NCc3ccc(F)cc3)cc(C(=O)N3CCN(CC(=O)OCOC(=O)C(C)(C)C)CC3)cc12. The fraction of sp³-hybridized carbons (Fsp3) is 0.500. The number of ether oxygens (including phenoxy) is 2. The van der Waals surface area contributed by atoms with Crippen LogP contribution >= 0.6 is 0 Å². The van der Waals surface area contributed by atoms with Crippen molar-refractivity contribution in [3.05, 3.63) is 64.6 Å². The summed E-state index contributed by atoms with van der Waals surface area (Å²) in [6, 6.07) is 10.4. The number of piperazine rings is 1. The number of nitrogens with one attached hydrogen (secondary N) is 1. The lowest BCUT2D eigenvalue weighted by Gasteiger charge is -2.34. The maximum atomic E-state index is 13.8. The molecule has 0 unspecified atom stereocenters. The van der Waals surface area contributed by atoms with Gasteiger partial charge in [0.1, 0.15) is 5.82 Å². The predicted octanol–water partition coefficient (Wildman–Crippen LogP) is 5.27. The van der Waals surface area contributed by atoms with Crippen LogP contribution in [-0.2, 0) is 32.2 Å². The largest absolute Gasteiger partial charge is 0.427 e. The molecule has 236 valence electrons. The molecule has 1 aromatic heterocycles. The molecular weight excluding hydrogens is 563 g/mol. The molecule has 0 atom stereocenters. The average Bonchev–Trinajstić information content (AvgIpc) is 3.78. The zero-order chi connectivity index (χ0) is 31.6. The summed E-state index contributed by atoms with van der Waals surface area (Å²) >= 11 is 0. The number of nitrogens with zero attached hydrogens (tertiary/aromatic N) is 3. The summed E-state index contributed by atoms with van der Waals surface area (Å²) in [6.07, 6.45) is 2.48. The number of fused-ring (bicyclic) bond motifs is 1. The fourth-order valence-electron chi connectivity index (χ4n) is 5.51. The zero-order valence-corrected chi connectivity index (χ0v) is 26.4. The number of rotatable bonds is 10. The van der Waals surface area contributed by atoms with Gasteiger partial charge in [-0.25, -0.2) is 4.39 Å². The molecule has 1 saturated carbocycles. The number of esters is 2. The molecule has 1 saturated heterocycles. The van der Waals surface area contributed by atoms with E-state index in [9.17, 15) is 18.8 Å². The van der Waals surface area contributed by atoms with Gasteiger partial charge in [0.2, 0.25) is 6.79 Å². The van der Waals surface area contributed by atoms with E-state index in [2.05, 4.69) is 23.7 Å². The van der Waals surface area contributed by atoms with Crippen LogP contribution in [0.5, 0.6) is 0 Å². The molecule has 0 radical (unpaired) electrons. The normalized spacial score (nSPS) is 15.8. The van der Waals surface area contributed by atoms with Crippen LogP contribution in [0.2, 0.25) is 0 Å². The first-order chi connectivity index (χ1) is 20.9. The third kappa shape index (κ3) is 7.41. The summed E-state index contributed by atoms with van der Waals surface area (Å²) in [5.41, 5.74) is 5.25. The van der Waals surface area contributed by atoms with Crippen LogP contribution in [0, 0.1) is 31.0 Å². The molecule has 5 rings (SSSR count). The summed E-state index contributed by atoms with van der Waals surface area (Å²) in [4.78, 5) is 41.7. The van der Waals surface area contributed by atoms with Gasteiger partial charge in [0.25, 0.3) is 5.91 Å². The Morgan fingerprint density at radius 2 is 1.66 bits per heavy atom. The first-order valence-electron chi connectivity index (χ1n) is 15.4. The highest BCUT2D eigenvalue weighted by Gasteiger charge is 2.28. The molecule has 0 bridgehead atoms. The zero-order valence-electron chi connectivity index (χ0n) is 26.4. The van der Waals surface area contributed by atoms with Crippen molar-refractivity contribution in [1.29, 1.82) is 0 Å². The molecule has 1 aliphatic heterocycles. The number of aryl methyl sites for hydroxylation is 1. The van der Waals surface area contributed by atoms with Crippen molar-refractivity contribution >= 4 is 34.4 Å². The average molecular weight is 607 g/mol. The minimum Gasteiger partial charge on any atom is -0.427 e. The Morgan fingerprint density at radius 1 is 0.977 bits per heavy atom. The second-order valence-electron chi connectivity index (χ2n) is 13.0. The van der Waals surface area contributed by atoms with Gasteiger partial charge in [-0.3, -0.25) is 19.3 Å². The second-order valence-corrected chi connectivity index (χ2v) is 13.0. The Morgan fingerprint density at radius 3 is 2.30 bits per heavy atom. The van der Waals surface area contributed by atoms with Gasteiger partial charge < -0.3 is 24.3 Å². The Bertz CT molecular complexity index is 1530. The van der Waals surface area contributed by atoms with Crippen LogP contribution in [-0.4, -0.2) is 71.7 Å². The van der Waals surface area contributed by atoms with Crippen LogP contribution in [0.3, 0.4) is 0 Å². The quantitative estimate of drug-likeness (QED) is 0.248. The van der Waals surface area contributed by atoms with Crippen LogP contribution < -0.4 is 5.32 Å². The highest BCUT2D eigenvalue weighted by atomic mass is 19.1. The van der Waals surface area contributed by atoms with Gasteiger partial charge in [0, 0.05) is 55.9 Å². The number of hydrogen-bond donors (Lipinski definition) is 1. The fourth-order valence-corrected chi connectivity index (χ4v) is 5.51. The maximum absolute atomic E-state index is 13.8. The minimum absolute atomic E-state index is 0.0555. The highest BCUT2D eigenvalue weighted by Crippen LogP contribution is 2.38. The van der Waals surface area contributed by atoms with Crippen LogP contribution in [0.15, 0.2) is 36.4 Å². The number of hydrogen-bond acceptors (Lipinski definition) is 7. The van der Waals surface area contributed by atoms with Gasteiger partial charge in [-0.1, -0.05) is 12.1 Å². The lowest BCUT2D eigenvalue weighted by atomic mass is 9.98. The number of amides is 1. The maximum Gasteiger partial charge on any atom is 0.323 e. The lowest BCUT2D eigenvalue weighted by molar-refractivity contribution is -0.173. The van der Waals surface area contributed by atoms with E-state index in [4.69, 9.17) is 9.47 Å². The molecule has 44 heavy (non-hydrogen) atoms. The molecule has 2 fully saturated rings.